The van der Waals surface area contributed by atoms with E-state index in [2.05, 4.69) is 10.3 Å². The van der Waals surface area contributed by atoms with E-state index in [1.54, 1.807) is 14.0 Å². The maximum absolute atomic E-state index is 12.9. The lowest BCUT2D eigenvalue weighted by Crippen LogP contribution is -2.35. The smallest absolute Gasteiger partial charge is 0.337 e. The molecule has 1 N–H and O–H groups in total. The molecule has 1 aromatic heterocycles. The Morgan fingerprint density at radius 3 is 2.52 bits per heavy atom. The van der Waals surface area contributed by atoms with Crippen molar-refractivity contribution >= 4 is 33.2 Å². The Kier molecular flexibility index (Phi) is 5.88. The van der Waals surface area contributed by atoms with E-state index in [4.69, 9.17) is 11.6 Å². The fourth-order valence-electron chi connectivity index (χ4n) is 2.12. The average Bonchev–Trinajstić information content (AvgIpc) is 2.88. The molecule has 7 nitrogen and oxygen atoms in total. The molecule has 12 heteroatoms. The number of hydrogen-bond donors (Lipinski definition) is 1. The second-order valence-electron chi connectivity index (χ2n) is 5.74. The summed E-state index contributed by atoms with van der Waals surface area (Å²) in [5, 5.41) is 1.48. The number of nitrogens with zero attached hydrogens (tertiary/aromatic N) is 3. The number of amides is 1. The Bertz CT molecular complexity index is 954. The van der Waals surface area contributed by atoms with E-state index < -0.39 is 39.2 Å². The van der Waals surface area contributed by atoms with Crippen LogP contribution in [0, 0.1) is 6.92 Å². The van der Waals surface area contributed by atoms with Crippen molar-refractivity contribution < 1.29 is 26.4 Å². The molecule has 0 atom stereocenters. The van der Waals surface area contributed by atoms with Crippen molar-refractivity contribution in [1.29, 1.82) is 0 Å². The third kappa shape index (κ3) is 4.79. The van der Waals surface area contributed by atoms with Crippen molar-refractivity contribution in [2.45, 2.75) is 18.1 Å². The maximum Gasteiger partial charge on any atom is 0.417 e. The van der Waals surface area contributed by atoms with Gasteiger partial charge in [0.2, 0.25) is 5.91 Å². The largest absolute Gasteiger partial charge is 0.417 e. The molecule has 1 heterocycles. The van der Waals surface area contributed by atoms with E-state index in [9.17, 15) is 26.4 Å². The lowest BCUT2D eigenvalue weighted by atomic mass is 10.2. The van der Waals surface area contributed by atoms with Crippen LogP contribution < -0.4 is 5.32 Å². The van der Waals surface area contributed by atoms with Gasteiger partial charge in [0, 0.05) is 26.0 Å². The summed E-state index contributed by atoms with van der Waals surface area (Å²) in [6, 6.07) is 2.86. The Hall–Kier alpha value is -2.11. The van der Waals surface area contributed by atoms with Gasteiger partial charge in [-0.25, -0.2) is 13.4 Å². The number of halogens is 4. The second-order valence-corrected chi connectivity index (χ2v) is 8.14. The fourth-order valence-corrected chi connectivity index (χ4v) is 3.49. The molecule has 0 saturated heterocycles. The van der Waals surface area contributed by atoms with Crippen molar-refractivity contribution in [2.75, 3.05) is 18.9 Å². The van der Waals surface area contributed by atoms with Crippen molar-refractivity contribution in [3.8, 4) is 0 Å². The van der Waals surface area contributed by atoms with Gasteiger partial charge in [0.15, 0.2) is 5.03 Å². The predicted molar refractivity (Wildman–Crippen MR) is 92.8 cm³/mol. The molecule has 148 valence electrons. The molecule has 0 saturated carbocycles. The first-order valence-electron chi connectivity index (χ1n) is 7.45. The summed E-state index contributed by atoms with van der Waals surface area (Å²) in [6.45, 7) is 1.01. The van der Waals surface area contributed by atoms with Crippen molar-refractivity contribution in [3.63, 3.8) is 0 Å². The first-order valence-corrected chi connectivity index (χ1v) is 9.27. The molecule has 1 amide bonds. The van der Waals surface area contributed by atoms with Crippen LogP contribution in [0.5, 0.6) is 0 Å². The van der Waals surface area contributed by atoms with Gasteiger partial charge in [-0.1, -0.05) is 11.6 Å². The first kappa shape index (κ1) is 21.2. The minimum absolute atomic E-state index is 0.156. The number of aromatic nitrogens is 2. The van der Waals surface area contributed by atoms with Crippen molar-refractivity contribution in [1.82, 2.24) is 13.9 Å². The van der Waals surface area contributed by atoms with Gasteiger partial charge in [-0.05, 0) is 25.1 Å². The summed E-state index contributed by atoms with van der Waals surface area (Å²) in [6.07, 6.45) is -3.39. The number of likely N-dealkylation sites (N-methyl/N-ethyl adjacent to an activating group) is 1. The molecule has 0 bridgehead atoms. The number of carbonyl (C=O) groups is 1. The maximum atomic E-state index is 12.9. The van der Waals surface area contributed by atoms with Gasteiger partial charge in [-0.15, -0.1) is 0 Å². The van der Waals surface area contributed by atoms with Crippen LogP contribution in [0.2, 0.25) is 5.02 Å². The Labute approximate surface area is 158 Å². The molecule has 2 rings (SSSR count). The predicted octanol–water partition coefficient (Wildman–Crippen LogP) is 2.66. The molecule has 0 aliphatic carbocycles. The Balaban J connectivity index is 2.13. The number of alkyl halides is 3. The minimum atomic E-state index is -4.69. The van der Waals surface area contributed by atoms with Crippen molar-refractivity contribution in [3.05, 3.63) is 40.8 Å². The third-order valence-electron chi connectivity index (χ3n) is 3.68. The molecule has 0 spiro atoms. The quantitative estimate of drug-likeness (QED) is 0.799. The molecule has 2 aromatic rings. The van der Waals surface area contributed by atoms with Crippen LogP contribution in [0.1, 0.15) is 11.4 Å². The van der Waals surface area contributed by atoms with Crippen LogP contribution in [-0.4, -0.2) is 41.8 Å². The average molecular weight is 425 g/mol. The van der Waals surface area contributed by atoms with Gasteiger partial charge in [-0.3, -0.25) is 4.79 Å². The molecule has 0 aliphatic heterocycles. The normalized spacial score (nSPS) is 12.4. The number of anilines is 1. The molecule has 0 fully saturated rings. The van der Waals surface area contributed by atoms with E-state index in [1.807, 2.05) is 0 Å². The zero-order valence-corrected chi connectivity index (χ0v) is 16.1. The Morgan fingerprint density at radius 2 is 2.00 bits per heavy atom. The van der Waals surface area contributed by atoms with E-state index in [0.29, 0.717) is 11.9 Å². The first-order chi connectivity index (χ1) is 12.3. The summed E-state index contributed by atoms with van der Waals surface area (Å²) in [7, 11) is -1.24. The van der Waals surface area contributed by atoms with Gasteiger partial charge in [0.05, 0.1) is 17.1 Å². The number of nitrogens with one attached hydrogen (secondary N) is 1. The highest BCUT2D eigenvalue weighted by molar-refractivity contribution is 7.89. The van der Waals surface area contributed by atoms with Gasteiger partial charge in [0.1, 0.15) is 5.82 Å². The highest BCUT2D eigenvalue weighted by Crippen LogP contribution is 2.36. The number of carbonyl (C=O) groups excluding carboxylic acids is 1. The highest BCUT2D eigenvalue weighted by Gasteiger charge is 2.33. The van der Waals surface area contributed by atoms with E-state index in [0.717, 1.165) is 10.4 Å². The van der Waals surface area contributed by atoms with Crippen LogP contribution in [0.25, 0.3) is 0 Å². The van der Waals surface area contributed by atoms with E-state index in [-0.39, 0.29) is 10.7 Å². The topological polar surface area (TPSA) is 84.3 Å². The zero-order chi connectivity index (χ0) is 20.6. The van der Waals surface area contributed by atoms with E-state index in [1.165, 1.54) is 23.9 Å². The number of aryl methyl sites for hydroxylation is 2. The SMILES string of the molecule is Cc1nc(S(=O)(=O)N(C)CC(=O)Nc2ccc(Cl)c(C(F)(F)F)c2)cn1C. The molecular formula is C15H16ClF3N4O3S. The number of imidazole rings is 1. The molecule has 0 aliphatic rings. The van der Waals surface area contributed by atoms with E-state index >= 15 is 0 Å². The summed E-state index contributed by atoms with van der Waals surface area (Å²) in [5.41, 5.74) is -1.26. The van der Waals surface area contributed by atoms with Crippen LogP contribution in [0.3, 0.4) is 0 Å². The summed E-state index contributed by atoms with van der Waals surface area (Å²) < 4.78 is 65.7. The summed E-state index contributed by atoms with van der Waals surface area (Å²) in [4.78, 5) is 16.0. The highest BCUT2D eigenvalue weighted by atomic mass is 35.5. The number of benzene rings is 1. The van der Waals surface area contributed by atoms with Gasteiger partial charge < -0.3 is 9.88 Å². The number of rotatable bonds is 5. The van der Waals surface area contributed by atoms with Gasteiger partial charge in [-0.2, -0.15) is 17.5 Å². The molecule has 27 heavy (non-hydrogen) atoms. The van der Waals surface area contributed by atoms with Crippen LogP contribution in [-0.2, 0) is 28.0 Å². The third-order valence-corrected chi connectivity index (χ3v) is 5.69. The molecule has 0 unspecified atom stereocenters. The lowest BCUT2D eigenvalue weighted by Gasteiger charge is -2.16. The number of sulfonamides is 1. The Morgan fingerprint density at radius 1 is 1.37 bits per heavy atom. The van der Waals surface area contributed by atoms with Crippen LogP contribution in [0.4, 0.5) is 18.9 Å². The lowest BCUT2D eigenvalue weighted by molar-refractivity contribution is -0.137. The molecule has 0 radical (unpaired) electrons. The molecule has 1 aromatic carbocycles. The van der Waals surface area contributed by atoms with Crippen LogP contribution in [0.15, 0.2) is 29.4 Å². The minimum Gasteiger partial charge on any atom is -0.337 e. The van der Waals surface area contributed by atoms with Crippen molar-refractivity contribution in [2.24, 2.45) is 7.05 Å². The number of hydrogen-bond acceptors (Lipinski definition) is 4. The zero-order valence-electron chi connectivity index (χ0n) is 14.5. The fraction of sp³-hybridized carbons (Fsp3) is 0.333. The summed E-state index contributed by atoms with van der Waals surface area (Å²) >= 11 is 5.51. The van der Waals surface area contributed by atoms with Gasteiger partial charge >= 0.3 is 6.18 Å². The standard InChI is InChI=1S/C15H16ClF3N4O3S/c1-9-20-14(8-22(9)2)27(25,26)23(3)7-13(24)21-10-4-5-12(16)11(6-10)15(17,18)19/h4-6,8H,7H2,1-3H3,(H,21,24). The second kappa shape index (κ2) is 7.49. The summed E-state index contributed by atoms with van der Waals surface area (Å²) in [5.74, 6) is -0.351. The molecular weight excluding hydrogens is 409 g/mol. The van der Waals surface area contributed by atoms with Crippen LogP contribution >= 0.6 is 11.6 Å². The van der Waals surface area contributed by atoms with Gasteiger partial charge in [0.25, 0.3) is 10.0 Å². The monoisotopic (exact) mass is 424 g/mol.